The minimum atomic E-state index is -3.71. The Morgan fingerprint density at radius 3 is 2.50 bits per heavy atom. The highest BCUT2D eigenvalue weighted by atomic mass is 32.2. The Morgan fingerprint density at radius 2 is 1.78 bits per heavy atom. The van der Waals surface area contributed by atoms with E-state index in [4.69, 9.17) is 4.74 Å². The number of carbonyl (C=O) groups excluding carboxylic acids is 1. The van der Waals surface area contributed by atoms with Crippen LogP contribution in [0.1, 0.15) is 28.4 Å². The van der Waals surface area contributed by atoms with Crippen molar-refractivity contribution in [1.82, 2.24) is 8.87 Å². The van der Waals surface area contributed by atoms with E-state index in [1.165, 1.54) is 16.4 Å². The quantitative estimate of drug-likeness (QED) is 0.496. The largest absolute Gasteiger partial charge is 0.490 e. The van der Waals surface area contributed by atoms with E-state index in [0.717, 1.165) is 12.1 Å². The number of sulfonamides is 1. The third-order valence-corrected chi connectivity index (χ3v) is 8.53. The van der Waals surface area contributed by atoms with Crippen molar-refractivity contribution < 1.29 is 17.9 Å². The summed E-state index contributed by atoms with van der Waals surface area (Å²) in [5.74, 6) is 0.420. The number of rotatable bonds is 7. The lowest BCUT2D eigenvalue weighted by molar-refractivity contribution is 0.102. The smallest absolute Gasteiger partial charge is 0.255 e. The minimum Gasteiger partial charge on any atom is -0.490 e. The second-order valence-corrected chi connectivity index (χ2v) is 11.1. The summed E-state index contributed by atoms with van der Waals surface area (Å²) in [6.45, 7) is 5.23. The van der Waals surface area contributed by atoms with Crippen LogP contribution in [0, 0.1) is 5.92 Å². The van der Waals surface area contributed by atoms with Gasteiger partial charge >= 0.3 is 0 Å². The number of pyridine rings is 1. The van der Waals surface area contributed by atoms with Crippen molar-refractivity contribution in [3.05, 3.63) is 101 Å². The van der Waals surface area contributed by atoms with Crippen LogP contribution in [0.5, 0.6) is 5.75 Å². The van der Waals surface area contributed by atoms with Crippen molar-refractivity contribution in [3.8, 4) is 5.75 Å². The molecule has 1 fully saturated rings. The van der Waals surface area contributed by atoms with Gasteiger partial charge in [-0.15, -0.1) is 0 Å². The van der Waals surface area contributed by atoms with Gasteiger partial charge in [-0.3, -0.25) is 9.59 Å². The van der Waals surface area contributed by atoms with Gasteiger partial charge in [-0.05, 0) is 66.9 Å². The summed E-state index contributed by atoms with van der Waals surface area (Å²) in [7, 11) is -3.71. The molecule has 1 aromatic heterocycles. The average Bonchev–Trinajstić information content (AvgIpc) is 2.88. The lowest BCUT2D eigenvalue weighted by atomic mass is 9.84. The first kappa shape index (κ1) is 24.0. The number of benzene rings is 2. The Bertz CT molecular complexity index is 1450. The molecule has 5 rings (SSSR count). The van der Waals surface area contributed by atoms with Gasteiger partial charge in [0.1, 0.15) is 12.4 Å². The highest BCUT2D eigenvalue weighted by Crippen LogP contribution is 2.37. The number of amides is 1. The van der Waals surface area contributed by atoms with Crippen molar-refractivity contribution >= 4 is 21.6 Å². The number of fused-ring (bicyclic) bond motifs is 4. The summed E-state index contributed by atoms with van der Waals surface area (Å²) in [6.07, 6.45) is 2.52. The average molecular weight is 506 g/mol. The normalized spacial score (nSPS) is 19.2. The summed E-state index contributed by atoms with van der Waals surface area (Å²) >= 11 is 0. The number of hydrogen-bond acceptors (Lipinski definition) is 5. The molecule has 2 aromatic carbocycles. The van der Waals surface area contributed by atoms with Crippen LogP contribution in [0.4, 0.5) is 5.69 Å². The van der Waals surface area contributed by atoms with Crippen molar-refractivity contribution in [2.45, 2.75) is 23.8 Å². The molecule has 1 N–H and O–H groups in total. The molecule has 2 aliphatic rings. The summed E-state index contributed by atoms with van der Waals surface area (Å²) in [6, 6.07) is 18.1. The first-order valence-corrected chi connectivity index (χ1v) is 13.2. The van der Waals surface area contributed by atoms with Crippen molar-refractivity contribution in [1.29, 1.82) is 0 Å². The van der Waals surface area contributed by atoms with Gasteiger partial charge in [0.2, 0.25) is 10.0 Å². The van der Waals surface area contributed by atoms with E-state index in [2.05, 4.69) is 11.9 Å². The number of piperidine rings is 1. The first-order chi connectivity index (χ1) is 17.3. The molecule has 1 amide bonds. The number of nitrogens with zero attached hydrogens (tertiary/aromatic N) is 2. The molecule has 2 atom stereocenters. The maximum Gasteiger partial charge on any atom is 0.255 e. The molecule has 2 aliphatic heterocycles. The molecule has 0 radical (unpaired) electrons. The van der Waals surface area contributed by atoms with Gasteiger partial charge in [-0.25, -0.2) is 8.42 Å². The van der Waals surface area contributed by atoms with Gasteiger partial charge in [0.25, 0.3) is 11.5 Å². The van der Waals surface area contributed by atoms with Gasteiger partial charge in [-0.2, -0.15) is 4.31 Å². The monoisotopic (exact) mass is 505 g/mol. The van der Waals surface area contributed by atoms with Crippen molar-refractivity contribution in [2.75, 3.05) is 25.0 Å². The number of ether oxygens (including phenoxy) is 1. The van der Waals surface area contributed by atoms with Crippen LogP contribution in [-0.4, -0.2) is 42.9 Å². The third kappa shape index (κ3) is 4.72. The molecule has 36 heavy (non-hydrogen) atoms. The lowest BCUT2D eigenvalue weighted by Gasteiger charge is -2.42. The number of nitrogens with one attached hydrogen (secondary N) is 1. The zero-order valence-corrected chi connectivity index (χ0v) is 20.5. The standard InChI is InChI=1S/C27H27N3O5S/c1-2-14-35-23-10-6-20(7-11-23)27(32)28-22-8-12-24(13-9-22)36(33,34)29-16-19-15-21(18-29)25-4-3-5-26(31)30(25)17-19/h2-13,19,21H,1,14-18H2,(H,28,32). The highest BCUT2D eigenvalue weighted by molar-refractivity contribution is 7.89. The predicted octanol–water partition coefficient (Wildman–Crippen LogP) is 3.47. The Morgan fingerprint density at radius 1 is 1.03 bits per heavy atom. The predicted molar refractivity (Wildman–Crippen MR) is 137 cm³/mol. The number of carbonyl (C=O) groups is 1. The second kappa shape index (κ2) is 9.75. The van der Waals surface area contributed by atoms with Crippen LogP contribution in [0.3, 0.4) is 0 Å². The van der Waals surface area contributed by atoms with Gasteiger partial charge in [0, 0.05) is 48.6 Å². The second-order valence-electron chi connectivity index (χ2n) is 9.12. The molecule has 8 nitrogen and oxygen atoms in total. The topological polar surface area (TPSA) is 97.7 Å². The maximum atomic E-state index is 13.4. The fourth-order valence-corrected chi connectivity index (χ4v) is 6.53. The number of anilines is 1. The maximum absolute atomic E-state index is 13.4. The molecule has 3 heterocycles. The van der Waals surface area contributed by atoms with E-state index in [0.29, 0.717) is 43.2 Å². The van der Waals surface area contributed by atoms with Crippen LogP contribution < -0.4 is 15.6 Å². The minimum absolute atomic E-state index is 0.00621. The zero-order chi connectivity index (χ0) is 25.3. The summed E-state index contributed by atoms with van der Waals surface area (Å²) in [4.78, 5) is 25.0. The lowest BCUT2D eigenvalue weighted by Crippen LogP contribution is -2.48. The van der Waals surface area contributed by atoms with Crippen molar-refractivity contribution in [2.24, 2.45) is 5.92 Å². The van der Waals surface area contributed by atoms with E-state index in [9.17, 15) is 18.0 Å². The van der Waals surface area contributed by atoms with Crippen LogP contribution in [0.2, 0.25) is 0 Å². The molecular weight excluding hydrogens is 478 g/mol. The molecule has 0 saturated carbocycles. The summed E-state index contributed by atoms with van der Waals surface area (Å²) in [5.41, 5.74) is 1.82. The van der Waals surface area contributed by atoms with E-state index in [-0.39, 0.29) is 28.2 Å². The van der Waals surface area contributed by atoms with Crippen LogP contribution in [0.25, 0.3) is 0 Å². The van der Waals surface area contributed by atoms with Gasteiger partial charge in [0.05, 0.1) is 4.90 Å². The fraction of sp³-hybridized carbons (Fsp3) is 0.259. The molecule has 2 unspecified atom stereocenters. The van der Waals surface area contributed by atoms with Crippen LogP contribution >= 0.6 is 0 Å². The zero-order valence-electron chi connectivity index (χ0n) is 19.7. The Labute approximate surface area is 209 Å². The van der Waals surface area contributed by atoms with E-state index >= 15 is 0 Å². The Hall–Kier alpha value is -3.69. The first-order valence-electron chi connectivity index (χ1n) is 11.8. The molecule has 2 bridgehead atoms. The summed E-state index contributed by atoms with van der Waals surface area (Å²) in [5, 5.41) is 2.79. The fourth-order valence-electron chi connectivity index (χ4n) is 4.97. The van der Waals surface area contributed by atoms with Gasteiger partial charge in [0.15, 0.2) is 0 Å². The van der Waals surface area contributed by atoms with Crippen LogP contribution in [-0.2, 0) is 16.6 Å². The molecule has 186 valence electrons. The molecular formula is C27H27N3O5S. The van der Waals surface area contributed by atoms with E-state index in [1.807, 2.05) is 6.07 Å². The van der Waals surface area contributed by atoms with Crippen molar-refractivity contribution in [3.63, 3.8) is 0 Å². The Kier molecular flexibility index (Phi) is 6.51. The third-order valence-electron chi connectivity index (χ3n) is 6.68. The number of aromatic nitrogens is 1. The van der Waals surface area contributed by atoms with Gasteiger partial charge in [-0.1, -0.05) is 18.7 Å². The Balaban J connectivity index is 1.27. The summed E-state index contributed by atoms with van der Waals surface area (Å²) < 4.78 is 35.6. The molecule has 0 aliphatic carbocycles. The number of hydrogen-bond donors (Lipinski definition) is 1. The van der Waals surface area contributed by atoms with Crippen LogP contribution in [0.15, 0.2) is 89.1 Å². The van der Waals surface area contributed by atoms with E-state index in [1.54, 1.807) is 59.2 Å². The molecule has 1 saturated heterocycles. The SMILES string of the molecule is C=CCOc1ccc(C(=O)Nc2ccc(S(=O)(=O)N3CC4CC(C3)c3cccc(=O)n3C4)cc2)cc1. The molecule has 3 aromatic rings. The highest BCUT2D eigenvalue weighted by Gasteiger charge is 2.39. The molecule has 0 spiro atoms. The van der Waals surface area contributed by atoms with Gasteiger partial charge < -0.3 is 14.6 Å². The molecule has 9 heteroatoms. The van der Waals surface area contributed by atoms with E-state index < -0.39 is 10.0 Å².